The number of methoxy groups -OCH3 is 1. The molecule has 41 heavy (non-hydrogen) atoms. The minimum Gasteiger partial charge on any atom is -0.495 e. The summed E-state index contributed by atoms with van der Waals surface area (Å²) in [5.41, 5.74) is 10.1. The number of nitrogen functional groups attached to an aromatic ring is 1. The third kappa shape index (κ3) is 5.59. The second-order valence-corrected chi connectivity index (χ2v) is 11.3. The van der Waals surface area contributed by atoms with E-state index in [4.69, 9.17) is 22.1 Å². The SMILES string of the molecule is COc1cc(-c2cn(C3CCC(N4CCN(C)CC4)CC3)c3ncnc(N)c23)ccc1NC(=O)c1ccc(Cl)nc1. The van der Waals surface area contributed by atoms with Crippen LogP contribution in [0.1, 0.15) is 42.1 Å². The van der Waals surface area contributed by atoms with Gasteiger partial charge in [-0.1, -0.05) is 17.7 Å². The number of rotatable bonds is 6. The maximum atomic E-state index is 12.8. The molecule has 3 N–H and O–H groups in total. The van der Waals surface area contributed by atoms with Crippen molar-refractivity contribution in [2.45, 2.75) is 37.8 Å². The molecule has 1 aliphatic carbocycles. The number of halogens is 1. The highest BCUT2D eigenvalue weighted by Crippen LogP contribution is 2.40. The van der Waals surface area contributed by atoms with Crippen LogP contribution in [0.15, 0.2) is 49.1 Å². The summed E-state index contributed by atoms with van der Waals surface area (Å²) in [7, 11) is 3.78. The zero-order valence-electron chi connectivity index (χ0n) is 23.4. The highest BCUT2D eigenvalue weighted by molar-refractivity contribution is 6.29. The van der Waals surface area contributed by atoms with E-state index in [1.165, 1.54) is 19.0 Å². The number of carbonyl (C=O) groups excluding carboxylic acids is 1. The molecule has 0 spiro atoms. The highest BCUT2D eigenvalue weighted by Gasteiger charge is 2.30. The van der Waals surface area contributed by atoms with Gasteiger partial charge >= 0.3 is 0 Å². The van der Waals surface area contributed by atoms with E-state index in [0.29, 0.717) is 40.1 Å². The summed E-state index contributed by atoms with van der Waals surface area (Å²) in [5.74, 6) is 0.671. The molecule has 0 bridgehead atoms. The van der Waals surface area contributed by atoms with Gasteiger partial charge in [0.2, 0.25) is 0 Å². The lowest BCUT2D eigenvalue weighted by Crippen LogP contribution is -2.49. The van der Waals surface area contributed by atoms with Gasteiger partial charge in [0, 0.05) is 56.2 Å². The first-order chi connectivity index (χ1) is 19.9. The molecular weight excluding hydrogens is 540 g/mol. The van der Waals surface area contributed by atoms with Crippen molar-refractivity contribution in [3.8, 4) is 16.9 Å². The van der Waals surface area contributed by atoms with E-state index in [1.54, 1.807) is 25.6 Å². The molecule has 6 rings (SSSR count). The molecule has 214 valence electrons. The first kappa shape index (κ1) is 27.4. The quantitative estimate of drug-likeness (QED) is 0.318. The van der Waals surface area contributed by atoms with Crippen LogP contribution in [-0.4, -0.2) is 81.6 Å². The Balaban J connectivity index is 1.26. The number of pyridine rings is 1. The van der Waals surface area contributed by atoms with Gasteiger partial charge in [-0.2, -0.15) is 0 Å². The van der Waals surface area contributed by atoms with E-state index in [-0.39, 0.29) is 5.91 Å². The van der Waals surface area contributed by atoms with Crippen molar-refractivity contribution in [2.75, 3.05) is 51.4 Å². The average molecular weight is 575 g/mol. The monoisotopic (exact) mass is 574 g/mol. The predicted octanol–water partition coefficient (Wildman–Crippen LogP) is 4.72. The average Bonchev–Trinajstić information content (AvgIpc) is 3.39. The number of amides is 1. The molecule has 1 saturated heterocycles. The summed E-state index contributed by atoms with van der Waals surface area (Å²) in [5, 5.41) is 4.07. The van der Waals surface area contributed by atoms with Gasteiger partial charge in [0.15, 0.2) is 0 Å². The molecule has 4 aromatic rings. The van der Waals surface area contributed by atoms with Gasteiger partial charge in [0.25, 0.3) is 5.91 Å². The number of carbonyl (C=O) groups is 1. The van der Waals surface area contributed by atoms with E-state index in [2.05, 4.69) is 47.9 Å². The molecule has 1 aliphatic heterocycles. The van der Waals surface area contributed by atoms with Crippen LogP contribution < -0.4 is 15.8 Å². The van der Waals surface area contributed by atoms with Crippen molar-refractivity contribution >= 4 is 40.0 Å². The minimum atomic E-state index is -0.304. The topological polar surface area (TPSA) is 114 Å². The fraction of sp³-hybridized carbons (Fsp3) is 0.400. The lowest BCUT2D eigenvalue weighted by atomic mass is 9.89. The molecule has 4 heterocycles. The van der Waals surface area contributed by atoms with Crippen LogP contribution >= 0.6 is 11.6 Å². The van der Waals surface area contributed by atoms with E-state index in [1.807, 2.05) is 18.2 Å². The Hall–Kier alpha value is -3.73. The maximum Gasteiger partial charge on any atom is 0.257 e. The number of nitrogens with one attached hydrogen (secondary N) is 1. The first-order valence-corrected chi connectivity index (χ1v) is 14.4. The molecule has 0 atom stereocenters. The van der Waals surface area contributed by atoms with Gasteiger partial charge in [0.1, 0.15) is 28.7 Å². The van der Waals surface area contributed by atoms with Crippen LogP contribution in [0.2, 0.25) is 5.15 Å². The summed E-state index contributed by atoms with van der Waals surface area (Å²) in [6, 6.07) is 9.90. The van der Waals surface area contributed by atoms with Gasteiger partial charge in [-0.15, -0.1) is 0 Å². The Morgan fingerprint density at radius 2 is 1.78 bits per heavy atom. The van der Waals surface area contributed by atoms with Crippen LogP contribution in [0.5, 0.6) is 5.75 Å². The van der Waals surface area contributed by atoms with Gasteiger partial charge in [0.05, 0.1) is 23.7 Å². The number of nitrogens with two attached hydrogens (primary N) is 1. The highest BCUT2D eigenvalue weighted by atomic mass is 35.5. The number of benzene rings is 1. The van der Waals surface area contributed by atoms with Gasteiger partial charge in [-0.05, 0) is 62.6 Å². The zero-order chi connectivity index (χ0) is 28.5. The number of hydrogen-bond acceptors (Lipinski definition) is 8. The predicted molar refractivity (Wildman–Crippen MR) is 161 cm³/mol. The zero-order valence-corrected chi connectivity index (χ0v) is 24.1. The van der Waals surface area contributed by atoms with Crippen LogP contribution in [0.25, 0.3) is 22.2 Å². The number of aromatic nitrogens is 4. The molecular formula is C30H35ClN8O2. The molecule has 2 fully saturated rings. The lowest BCUT2D eigenvalue weighted by Gasteiger charge is -2.41. The number of piperazine rings is 1. The molecule has 11 heteroatoms. The van der Waals surface area contributed by atoms with Crippen LogP contribution in [0.3, 0.4) is 0 Å². The second-order valence-electron chi connectivity index (χ2n) is 10.9. The number of anilines is 2. The lowest BCUT2D eigenvalue weighted by molar-refractivity contribution is 0.0828. The normalized spacial score (nSPS) is 20.3. The van der Waals surface area contributed by atoms with Crippen molar-refractivity contribution < 1.29 is 9.53 Å². The van der Waals surface area contributed by atoms with E-state index in [0.717, 1.165) is 61.2 Å². The van der Waals surface area contributed by atoms with Gasteiger partial charge < -0.3 is 25.3 Å². The number of fused-ring (bicyclic) bond motifs is 1. The van der Waals surface area contributed by atoms with Crippen molar-refractivity contribution in [3.05, 3.63) is 59.8 Å². The molecule has 0 unspecified atom stereocenters. The van der Waals surface area contributed by atoms with E-state index >= 15 is 0 Å². The summed E-state index contributed by atoms with van der Waals surface area (Å²) < 4.78 is 7.97. The van der Waals surface area contributed by atoms with E-state index < -0.39 is 0 Å². The molecule has 2 aliphatic rings. The Morgan fingerprint density at radius 1 is 1.02 bits per heavy atom. The van der Waals surface area contributed by atoms with Crippen LogP contribution in [0, 0.1) is 0 Å². The summed E-state index contributed by atoms with van der Waals surface area (Å²) in [4.78, 5) is 30.8. The van der Waals surface area contributed by atoms with E-state index in [9.17, 15) is 4.79 Å². The molecule has 10 nitrogen and oxygen atoms in total. The largest absolute Gasteiger partial charge is 0.495 e. The fourth-order valence-corrected chi connectivity index (χ4v) is 6.27. The number of likely N-dealkylation sites (N-methyl/N-ethyl adjacent to an activating group) is 1. The van der Waals surface area contributed by atoms with Crippen LogP contribution in [0.4, 0.5) is 11.5 Å². The number of nitrogens with zero attached hydrogens (tertiary/aromatic N) is 6. The first-order valence-electron chi connectivity index (χ1n) is 14.1. The summed E-state index contributed by atoms with van der Waals surface area (Å²) in [6.07, 6.45) is 9.68. The molecule has 1 amide bonds. The molecule has 1 saturated carbocycles. The Morgan fingerprint density at radius 3 is 2.49 bits per heavy atom. The Labute approximate surface area is 244 Å². The second kappa shape index (κ2) is 11.6. The summed E-state index contributed by atoms with van der Waals surface area (Å²) >= 11 is 5.86. The Bertz CT molecular complexity index is 1540. The van der Waals surface area contributed by atoms with Crippen LogP contribution in [-0.2, 0) is 0 Å². The van der Waals surface area contributed by atoms with Gasteiger partial charge in [-0.25, -0.2) is 15.0 Å². The Kier molecular flexibility index (Phi) is 7.79. The fourth-order valence-electron chi connectivity index (χ4n) is 6.16. The third-order valence-corrected chi connectivity index (χ3v) is 8.73. The minimum absolute atomic E-state index is 0.304. The summed E-state index contributed by atoms with van der Waals surface area (Å²) in [6.45, 7) is 4.60. The third-order valence-electron chi connectivity index (χ3n) is 8.50. The maximum absolute atomic E-state index is 12.8. The van der Waals surface area contributed by atoms with Gasteiger partial charge in [-0.3, -0.25) is 9.69 Å². The van der Waals surface area contributed by atoms with Crippen molar-refractivity contribution in [2.24, 2.45) is 0 Å². The smallest absolute Gasteiger partial charge is 0.257 e. The van der Waals surface area contributed by atoms with Crippen molar-refractivity contribution in [3.63, 3.8) is 0 Å². The van der Waals surface area contributed by atoms with Crippen molar-refractivity contribution in [1.29, 1.82) is 0 Å². The molecule has 1 aromatic carbocycles. The standard InChI is InChI=1S/C30H35ClN8O2/c1-37-11-13-38(14-12-37)21-5-7-22(8-6-21)39-17-23(27-28(32)34-18-35-29(27)39)19-3-9-24(25(15-19)41-2)36-30(40)20-4-10-26(31)33-16-20/h3-4,9-10,15-18,21-22H,5-8,11-14H2,1-2H3,(H,36,40)(H2,32,34,35). The molecule has 3 aromatic heterocycles. The van der Waals surface area contributed by atoms with Crippen molar-refractivity contribution in [1.82, 2.24) is 29.3 Å². The number of hydrogen-bond donors (Lipinski definition) is 2. The number of ether oxygens (including phenoxy) is 1. The molecule has 0 radical (unpaired) electrons.